The highest BCUT2D eigenvalue weighted by molar-refractivity contribution is 5.95. The highest BCUT2D eigenvalue weighted by atomic mass is 16.5. The summed E-state index contributed by atoms with van der Waals surface area (Å²) in [6.45, 7) is 6.05. The fourth-order valence-electron chi connectivity index (χ4n) is 2.67. The first-order valence-electron chi connectivity index (χ1n) is 7.50. The second-order valence-corrected chi connectivity index (χ2v) is 5.70. The maximum absolute atomic E-state index is 12.2. The Kier molecular flexibility index (Phi) is 5.49. The molecule has 120 valence electrons. The lowest BCUT2D eigenvalue weighted by Crippen LogP contribution is -2.32. The summed E-state index contributed by atoms with van der Waals surface area (Å²) in [6.07, 6.45) is 0.481. The van der Waals surface area contributed by atoms with E-state index in [9.17, 15) is 9.59 Å². The molecule has 1 aliphatic heterocycles. The Balaban J connectivity index is 1.85. The van der Waals surface area contributed by atoms with Crippen molar-refractivity contribution in [1.29, 1.82) is 0 Å². The highest BCUT2D eigenvalue weighted by Gasteiger charge is 2.29. The zero-order valence-electron chi connectivity index (χ0n) is 13.4. The predicted octanol–water partition coefficient (Wildman–Crippen LogP) is 0.923. The van der Waals surface area contributed by atoms with E-state index in [1.807, 2.05) is 19.9 Å². The van der Waals surface area contributed by atoms with Gasteiger partial charge in [-0.25, -0.2) is 0 Å². The molecule has 0 spiro atoms. The molecule has 0 bridgehead atoms. The maximum atomic E-state index is 12.2. The molecule has 0 aliphatic carbocycles. The molecule has 0 aromatic carbocycles. The van der Waals surface area contributed by atoms with Crippen molar-refractivity contribution >= 4 is 11.8 Å². The second kappa shape index (κ2) is 7.35. The lowest BCUT2D eigenvalue weighted by molar-refractivity contribution is -0.128. The van der Waals surface area contributed by atoms with Gasteiger partial charge < -0.3 is 15.0 Å². The third-order valence-corrected chi connectivity index (χ3v) is 3.88. The van der Waals surface area contributed by atoms with Crippen molar-refractivity contribution in [2.75, 3.05) is 33.4 Å². The third kappa shape index (κ3) is 4.04. The predicted molar refractivity (Wildman–Crippen MR) is 82.6 cm³/mol. The fraction of sp³-hybridized carbons (Fsp3) is 0.562. The average molecular weight is 305 g/mol. The molecule has 0 saturated carbocycles. The number of carbonyl (C=O) groups is 2. The van der Waals surface area contributed by atoms with Crippen LogP contribution >= 0.6 is 0 Å². The van der Waals surface area contributed by atoms with Crippen molar-refractivity contribution in [2.24, 2.45) is 5.92 Å². The van der Waals surface area contributed by atoms with Gasteiger partial charge in [-0.15, -0.1) is 0 Å². The van der Waals surface area contributed by atoms with E-state index in [0.717, 1.165) is 11.4 Å². The molecule has 22 heavy (non-hydrogen) atoms. The van der Waals surface area contributed by atoms with Crippen LogP contribution in [0.25, 0.3) is 0 Å². The molecule has 1 aromatic rings. The Morgan fingerprint density at radius 1 is 1.45 bits per heavy atom. The molecule has 2 rings (SSSR count). The Hall–Kier alpha value is -1.95. The molecule has 6 nitrogen and oxygen atoms in total. The van der Waals surface area contributed by atoms with Gasteiger partial charge in [-0.05, 0) is 26.0 Å². The minimum absolute atomic E-state index is 0.129. The maximum Gasteiger partial charge on any atom is 0.253 e. The molecule has 2 heterocycles. The summed E-state index contributed by atoms with van der Waals surface area (Å²) in [5.74, 6) is 0.157. The number of nitrogens with one attached hydrogen (secondary N) is 1. The molecular formula is C16H23N3O3. The van der Waals surface area contributed by atoms with E-state index < -0.39 is 0 Å². The van der Waals surface area contributed by atoms with Crippen LogP contribution in [-0.4, -0.2) is 55.0 Å². The van der Waals surface area contributed by atoms with Crippen LogP contribution in [0.15, 0.2) is 12.1 Å². The molecule has 1 saturated heterocycles. The van der Waals surface area contributed by atoms with Crippen LogP contribution in [0.5, 0.6) is 0 Å². The quantitative estimate of drug-likeness (QED) is 0.848. The first-order valence-corrected chi connectivity index (χ1v) is 7.50. The van der Waals surface area contributed by atoms with Gasteiger partial charge in [0.2, 0.25) is 5.91 Å². The second-order valence-electron chi connectivity index (χ2n) is 5.70. The van der Waals surface area contributed by atoms with Gasteiger partial charge in [-0.2, -0.15) is 0 Å². The standard InChI is InChI=1S/C16H23N3O3/c1-11-4-5-14(12(2)18-11)16(21)17-9-13-8-15(20)19(10-13)6-7-22-3/h4-5,13H,6-10H2,1-3H3,(H,17,21)/t13-/m0/s1. The summed E-state index contributed by atoms with van der Waals surface area (Å²) < 4.78 is 5.00. The minimum atomic E-state index is -0.132. The van der Waals surface area contributed by atoms with Gasteiger partial charge >= 0.3 is 0 Å². The molecule has 1 aromatic heterocycles. The third-order valence-electron chi connectivity index (χ3n) is 3.88. The average Bonchev–Trinajstić information content (AvgIpc) is 2.83. The summed E-state index contributed by atoms with van der Waals surface area (Å²) in [5, 5.41) is 2.91. The van der Waals surface area contributed by atoms with Gasteiger partial charge in [0, 0.05) is 44.8 Å². The van der Waals surface area contributed by atoms with E-state index >= 15 is 0 Å². The Labute approximate surface area is 130 Å². The van der Waals surface area contributed by atoms with E-state index in [0.29, 0.717) is 38.2 Å². The van der Waals surface area contributed by atoms with Crippen molar-refractivity contribution in [3.8, 4) is 0 Å². The van der Waals surface area contributed by atoms with Crippen LogP contribution in [0.1, 0.15) is 28.2 Å². The molecule has 2 amide bonds. The van der Waals surface area contributed by atoms with Gasteiger partial charge in [0.25, 0.3) is 5.91 Å². The number of rotatable bonds is 6. The van der Waals surface area contributed by atoms with Crippen LogP contribution in [0.4, 0.5) is 0 Å². The molecule has 6 heteroatoms. The molecule has 0 unspecified atom stereocenters. The summed E-state index contributed by atoms with van der Waals surface area (Å²) >= 11 is 0. The van der Waals surface area contributed by atoms with E-state index in [4.69, 9.17) is 4.74 Å². The van der Waals surface area contributed by atoms with Gasteiger partial charge in [-0.3, -0.25) is 14.6 Å². The number of likely N-dealkylation sites (tertiary alicyclic amines) is 1. The van der Waals surface area contributed by atoms with Gasteiger partial charge in [-0.1, -0.05) is 0 Å². The van der Waals surface area contributed by atoms with Gasteiger partial charge in [0.05, 0.1) is 17.9 Å². The first-order chi connectivity index (χ1) is 10.5. The molecule has 0 radical (unpaired) electrons. The topological polar surface area (TPSA) is 71.5 Å². The zero-order valence-corrected chi connectivity index (χ0v) is 13.4. The summed E-state index contributed by atoms with van der Waals surface area (Å²) in [7, 11) is 1.62. The number of nitrogens with zero attached hydrogens (tertiary/aromatic N) is 2. The van der Waals surface area contributed by atoms with Crippen LogP contribution < -0.4 is 5.32 Å². The van der Waals surface area contributed by atoms with E-state index in [1.165, 1.54) is 0 Å². The number of carbonyl (C=O) groups excluding carboxylic acids is 2. The van der Waals surface area contributed by atoms with Crippen molar-refractivity contribution in [1.82, 2.24) is 15.2 Å². The Morgan fingerprint density at radius 3 is 2.91 bits per heavy atom. The largest absolute Gasteiger partial charge is 0.383 e. The smallest absolute Gasteiger partial charge is 0.253 e. The first kappa shape index (κ1) is 16.4. The number of ether oxygens (including phenoxy) is 1. The number of pyridine rings is 1. The summed E-state index contributed by atoms with van der Waals surface area (Å²) in [4.78, 5) is 30.1. The Morgan fingerprint density at radius 2 is 2.23 bits per heavy atom. The van der Waals surface area contributed by atoms with Crippen LogP contribution in [0.3, 0.4) is 0 Å². The molecule has 1 N–H and O–H groups in total. The van der Waals surface area contributed by atoms with Crippen molar-refractivity contribution < 1.29 is 14.3 Å². The Bertz CT molecular complexity index is 560. The summed E-state index contributed by atoms with van der Waals surface area (Å²) in [5.41, 5.74) is 2.21. The summed E-state index contributed by atoms with van der Waals surface area (Å²) in [6, 6.07) is 3.62. The van der Waals surface area contributed by atoms with Crippen molar-refractivity contribution in [2.45, 2.75) is 20.3 Å². The number of amides is 2. The van der Waals surface area contributed by atoms with E-state index in [2.05, 4.69) is 10.3 Å². The van der Waals surface area contributed by atoms with Crippen LogP contribution in [0.2, 0.25) is 0 Å². The van der Waals surface area contributed by atoms with Crippen LogP contribution in [-0.2, 0) is 9.53 Å². The lowest BCUT2D eigenvalue weighted by Gasteiger charge is -2.16. The number of aryl methyl sites for hydroxylation is 2. The molecule has 1 aliphatic rings. The van der Waals surface area contributed by atoms with Crippen LogP contribution in [0, 0.1) is 19.8 Å². The SMILES string of the molecule is COCCN1C[C@H](CNC(=O)c2ccc(C)nc2C)CC1=O. The van der Waals surface area contributed by atoms with Crippen molar-refractivity contribution in [3.63, 3.8) is 0 Å². The number of hydrogen-bond donors (Lipinski definition) is 1. The zero-order chi connectivity index (χ0) is 16.1. The van der Waals surface area contributed by atoms with E-state index in [1.54, 1.807) is 18.1 Å². The highest BCUT2D eigenvalue weighted by Crippen LogP contribution is 2.17. The number of aromatic nitrogens is 1. The monoisotopic (exact) mass is 305 g/mol. The number of hydrogen-bond acceptors (Lipinski definition) is 4. The van der Waals surface area contributed by atoms with Gasteiger partial charge in [0.1, 0.15) is 0 Å². The lowest BCUT2D eigenvalue weighted by atomic mass is 10.1. The van der Waals surface area contributed by atoms with Crippen molar-refractivity contribution in [3.05, 3.63) is 29.1 Å². The number of methoxy groups -OCH3 is 1. The van der Waals surface area contributed by atoms with Gasteiger partial charge in [0.15, 0.2) is 0 Å². The normalized spacial score (nSPS) is 17.9. The van der Waals surface area contributed by atoms with E-state index in [-0.39, 0.29) is 17.7 Å². The minimum Gasteiger partial charge on any atom is -0.383 e. The fourth-order valence-corrected chi connectivity index (χ4v) is 2.67. The molecule has 1 atom stereocenters. The molecular weight excluding hydrogens is 282 g/mol. The molecule has 1 fully saturated rings.